The molecular formula is C22H31FN4O2S. The number of amides is 1. The monoisotopic (exact) mass is 434 g/mol. The Kier molecular flexibility index (Phi) is 7.75. The number of carbonyl (C=O) groups excluding carboxylic acids is 1. The van der Waals surface area contributed by atoms with E-state index in [1.807, 2.05) is 13.8 Å². The molecule has 164 valence electrons. The molecule has 0 fully saturated rings. The number of hydrogen-bond acceptors (Lipinski definition) is 6. The smallest absolute Gasteiger partial charge is 0.237 e. The second-order valence-electron chi connectivity index (χ2n) is 7.79. The molecule has 0 radical (unpaired) electrons. The number of amidine groups is 1. The summed E-state index contributed by atoms with van der Waals surface area (Å²) in [7, 11) is 1.63. The molecule has 3 rings (SSSR count). The van der Waals surface area contributed by atoms with Crippen molar-refractivity contribution in [3.05, 3.63) is 34.8 Å². The van der Waals surface area contributed by atoms with E-state index in [0.717, 1.165) is 30.4 Å². The Balaban J connectivity index is 1.80. The van der Waals surface area contributed by atoms with Crippen LogP contribution in [0.5, 0.6) is 0 Å². The van der Waals surface area contributed by atoms with Crippen LogP contribution in [0.15, 0.2) is 44.7 Å². The number of fused-ring (bicyclic) bond motifs is 1. The Morgan fingerprint density at radius 3 is 2.97 bits per heavy atom. The second-order valence-corrected chi connectivity index (χ2v) is 8.98. The van der Waals surface area contributed by atoms with E-state index in [4.69, 9.17) is 4.74 Å². The second kappa shape index (κ2) is 10.3. The number of nitrogens with zero attached hydrogens (tertiary/aromatic N) is 2. The number of halogens is 1. The molecule has 1 amide bonds. The number of ether oxygens (including phenoxy) is 1. The molecule has 0 aromatic carbocycles. The molecule has 2 heterocycles. The zero-order valence-electron chi connectivity index (χ0n) is 18.1. The van der Waals surface area contributed by atoms with Crippen molar-refractivity contribution >= 4 is 29.8 Å². The van der Waals surface area contributed by atoms with Crippen molar-refractivity contribution in [2.75, 3.05) is 7.05 Å². The van der Waals surface area contributed by atoms with E-state index in [1.165, 1.54) is 30.6 Å². The van der Waals surface area contributed by atoms with Crippen molar-refractivity contribution in [3.63, 3.8) is 0 Å². The molecule has 0 saturated carbocycles. The molecule has 0 bridgehead atoms. The van der Waals surface area contributed by atoms with E-state index >= 15 is 0 Å². The summed E-state index contributed by atoms with van der Waals surface area (Å²) in [6, 6.07) is 0. The maximum Gasteiger partial charge on any atom is 0.237 e. The van der Waals surface area contributed by atoms with Crippen molar-refractivity contribution in [1.29, 1.82) is 0 Å². The van der Waals surface area contributed by atoms with E-state index in [-0.39, 0.29) is 29.1 Å². The topological polar surface area (TPSA) is 75.1 Å². The van der Waals surface area contributed by atoms with Crippen molar-refractivity contribution in [2.45, 2.75) is 75.8 Å². The third-order valence-electron chi connectivity index (χ3n) is 5.42. The molecular weight excluding hydrogens is 403 g/mol. The lowest BCUT2D eigenvalue weighted by Crippen LogP contribution is -2.32. The average Bonchev–Trinajstić information content (AvgIpc) is 3.07. The fourth-order valence-electron chi connectivity index (χ4n) is 3.74. The maximum absolute atomic E-state index is 14.1. The number of thioether (sulfide) groups is 1. The molecule has 2 N–H and O–H groups in total. The van der Waals surface area contributed by atoms with Gasteiger partial charge in [0.2, 0.25) is 5.91 Å². The first kappa shape index (κ1) is 22.6. The Hall–Kier alpha value is -2.09. The van der Waals surface area contributed by atoms with Gasteiger partial charge in [-0.15, -0.1) is 11.8 Å². The number of unbranched alkanes of at least 4 members (excludes halogenated alkanes) is 2. The van der Waals surface area contributed by atoms with Gasteiger partial charge >= 0.3 is 0 Å². The highest BCUT2D eigenvalue weighted by atomic mass is 32.2. The Morgan fingerprint density at radius 2 is 2.23 bits per heavy atom. The molecule has 1 aliphatic carbocycles. The van der Waals surface area contributed by atoms with Gasteiger partial charge in [-0.25, -0.2) is 9.38 Å². The first-order valence-electron chi connectivity index (χ1n) is 10.6. The van der Waals surface area contributed by atoms with Crippen LogP contribution in [0.3, 0.4) is 0 Å². The van der Waals surface area contributed by atoms with E-state index in [2.05, 4.69) is 27.5 Å². The minimum atomic E-state index is -1.06. The van der Waals surface area contributed by atoms with Crippen LogP contribution in [0.25, 0.3) is 0 Å². The molecule has 0 aromatic heterocycles. The van der Waals surface area contributed by atoms with Crippen LogP contribution in [0.2, 0.25) is 0 Å². The highest BCUT2D eigenvalue weighted by Crippen LogP contribution is 2.41. The van der Waals surface area contributed by atoms with Gasteiger partial charge in [-0.1, -0.05) is 19.8 Å². The molecule has 4 unspecified atom stereocenters. The predicted molar refractivity (Wildman–Crippen MR) is 121 cm³/mol. The molecule has 4 atom stereocenters. The van der Waals surface area contributed by atoms with Gasteiger partial charge in [0, 0.05) is 19.0 Å². The molecule has 8 heteroatoms. The summed E-state index contributed by atoms with van der Waals surface area (Å²) in [5.74, 6) is 1.21. The molecule has 0 saturated heterocycles. The predicted octanol–water partition coefficient (Wildman–Crippen LogP) is 4.02. The average molecular weight is 435 g/mol. The summed E-state index contributed by atoms with van der Waals surface area (Å²) in [6.45, 7) is 6.14. The summed E-state index contributed by atoms with van der Waals surface area (Å²) >= 11 is 1.49. The van der Waals surface area contributed by atoms with Crippen molar-refractivity contribution in [3.8, 4) is 0 Å². The van der Waals surface area contributed by atoms with E-state index in [1.54, 1.807) is 13.1 Å². The minimum absolute atomic E-state index is 0.0188. The van der Waals surface area contributed by atoms with Crippen LogP contribution in [0.1, 0.15) is 52.9 Å². The molecule has 30 heavy (non-hydrogen) atoms. The zero-order valence-corrected chi connectivity index (χ0v) is 18.9. The fraction of sp³-hybridized carbons (Fsp3) is 0.591. The lowest BCUT2D eigenvalue weighted by molar-refractivity contribution is -0.119. The van der Waals surface area contributed by atoms with Gasteiger partial charge in [-0.3, -0.25) is 9.79 Å². The van der Waals surface area contributed by atoms with Crippen LogP contribution in [0.4, 0.5) is 4.39 Å². The van der Waals surface area contributed by atoms with E-state index in [0.29, 0.717) is 17.3 Å². The summed E-state index contributed by atoms with van der Waals surface area (Å²) in [5, 5.41) is 5.58. The van der Waals surface area contributed by atoms with Gasteiger partial charge in [0.05, 0.1) is 11.8 Å². The SMILES string of the molecule is CCCCCC(C)OC1=C(NC2=NC=NC3SC(C(=O)NC)C(C)=C23)C=CC(F)C1. The largest absolute Gasteiger partial charge is 0.493 e. The van der Waals surface area contributed by atoms with E-state index < -0.39 is 6.17 Å². The van der Waals surface area contributed by atoms with Crippen LogP contribution < -0.4 is 10.6 Å². The highest BCUT2D eigenvalue weighted by Gasteiger charge is 2.39. The maximum atomic E-state index is 14.1. The van der Waals surface area contributed by atoms with Gasteiger partial charge < -0.3 is 15.4 Å². The Labute approximate surface area is 182 Å². The minimum Gasteiger partial charge on any atom is -0.493 e. The van der Waals surface area contributed by atoms with Gasteiger partial charge in [0.1, 0.15) is 34.7 Å². The Bertz CT molecular complexity index is 818. The van der Waals surface area contributed by atoms with E-state index in [9.17, 15) is 9.18 Å². The normalized spacial score (nSPS) is 26.4. The number of allylic oxidation sites excluding steroid dienone is 3. The summed E-state index contributed by atoms with van der Waals surface area (Å²) in [5.41, 5.74) is 2.56. The number of nitrogens with one attached hydrogen (secondary N) is 2. The van der Waals surface area contributed by atoms with Gasteiger partial charge in [-0.2, -0.15) is 0 Å². The van der Waals surface area contributed by atoms with Crippen LogP contribution in [-0.2, 0) is 9.53 Å². The number of carbonyl (C=O) groups is 1. The summed E-state index contributed by atoms with van der Waals surface area (Å²) in [6.07, 6.45) is 8.29. The van der Waals surface area contributed by atoms with Crippen LogP contribution >= 0.6 is 11.8 Å². The summed E-state index contributed by atoms with van der Waals surface area (Å²) < 4.78 is 20.2. The van der Waals surface area contributed by atoms with Gasteiger partial charge in [0.25, 0.3) is 0 Å². The van der Waals surface area contributed by atoms with Gasteiger partial charge in [0.15, 0.2) is 0 Å². The third-order valence-corrected chi connectivity index (χ3v) is 6.88. The number of alkyl halides is 1. The zero-order chi connectivity index (χ0) is 21.7. The van der Waals surface area contributed by atoms with Gasteiger partial charge in [-0.05, 0) is 44.4 Å². The molecule has 3 aliphatic rings. The lowest BCUT2D eigenvalue weighted by atomic mass is 10.0. The molecule has 6 nitrogen and oxygen atoms in total. The molecule has 0 spiro atoms. The molecule has 2 aliphatic heterocycles. The van der Waals surface area contributed by atoms with Crippen LogP contribution in [0, 0.1) is 0 Å². The summed E-state index contributed by atoms with van der Waals surface area (Å²) in [4.78, 5) is 21.1. The van der Waals surface area contributed by atoms with Crippen molar-refractivity contribution in [1.82, 2.24) is 10.6 Å². The van der Waals surface area contributed by atoms with Crippen LogP contribution in [-0.4, -0.2) is 48.0 Å². The number of hydrogen-bond donors (Lipinski definition) is 2. The van der Waals surface area contributed by atoms with Crippen molar-refractivity contribution in [2.24, 2.45) is 9.98 Å². The number of aliphatic imine (C=N–C) groups is 2. The Morgan fingerprint density at radius 1 is 1.43 bits per heavy atom. The lowest BCUT2D eigenvalue weighted by Gasteiger charge is -2.25. The number of rotatable bonds is 8. The fourth-order valence-corrected chi connectivity index (χ4v) is 5.13. The molecule has 0 aromatic rings. The quantitative estimate of drug-likeness (QED) is 0.566. The third kappa shape index (κ3) is 5.14. The standard InChI is InChI=1S/C22H31FN4O2S/c1-5-6-7-8-13(2)29-17-11-15(23)9-10-16(17)27-20-18-14(3)19(21(28)24-4)30-22(18)26-12-25-20/h9-10,12-13,15,19,22H,5-8,11H2,1-4H3,(H,24,28)(H,25,26,27). The highest BCUT2D eigenvalue weighted by molar-refractivity contribution is 8.02. The first-order valence-corrected chi connectivity index (χ1v) is 11.6. The first-order chi connectivity index (χ1) is 14.4. The van der Waals surface area contributed by atoms with Crippen molar-refractivity contribution < 1.29 is 13.9 Å².